The molecule has 0 atom stereocenters. The van der Waals surface area contributed by atoms with Crippen LogP contribution in [0, 0.1) is 17.2 Å². The number of nitrogens with zero attached hydrogens (tertiary/aromatic N) is 1. The molecule has 0 aliphatic carbocycles. The zero-order valence-corrected chi connectivity index (χ0v) is 8.81. The van der Waals surface area contributed by atoms with Crippen LogP contribution in [0.5, 0.6) is 0 Å². The van der Waals surface area contributed by atoms with Gasteiger partial charge < -0.3 is 4.55 Å². The molecule has 0 fully saturated rings. The van der Waals surface area contributed by atoms with Gasteiger partial charge in [-0.15, -0.1) is 0 Å². The molecule has 13 heavy (non-hydrogen) atoms. The van der Waals surface area contributed by atoms with Crippen molar-refractivity contribution in [2.24, 2.45) is 11.1 Å². The SMILES string of the molecule is CC(C)C.N#CCC(F)F.NSO. The number of alkyl halides is 2. The van der Waals surface area contributed by atoms with Gasteiger partial charge in [-0.25, -0.2) is 8.78 Å². The Hall–Kier alpha value is -0.380. The van der Waals surface area contributed by atoms with E-state index in [0.717, 1.165) is 5.92 Å². The Morgan fingerprint density at radius 3 is 1.69 bits per heavy atom. The lowest BCUT2D eigenvalue weighted by atomic mass is 10.3. The second-order valence-electron chi connectivity index (χ2n) is 2.59. The van der Waals surface area contributed by atoms with Gasteiger partial charge >= 0.3 is 0 Å². The monoisotopic (exact) mass is 214 g/mol. The van der Waals surface area contributed by atoms with Crippen molar-refractivity contribution < 1.29 is 13.3 Å². The largest absolute Gasteiger partial charge is 0.317 e. The average Bonchev–Trinajstić information content (AvgIpc) is 1.86. The summed E-state index contributed by atoms with van der Waals surface area (Å²) in [6.45, 7) is 6.50. The van der Waals surface area contributed by atoms with E-state index in [4.69, 9.17) is 9.81 Å². The van der Waals surface area contributed by atoms with E-state index in [1.165, 1.54) is 6.07 Å². The molecule has 6 heteroatoms. The van der Waals surface area contributed by atoms with Crippen molar-refractivity contribution >= 4 is 12.2 Å². The molecular formula is C7H16F2N2OS. The minimum atomic E-state index is -2.46. The van der Waals surface area contributed by atoms with Crippen molar-refractivity contribution in [3.8, 4) is 6.07 Å². The summed E-state index contributed by atoms with van der Waals surface area (Å²) >= 11 is 0.250. The van der Waals surface area contributed by atoms with Crippen LogP contribution in [-0.4, -0.2) is 11.0 Å². The number of hydrogen-bond donors (Lipinski definition) is 2. The highest BCUT2D eigenvalue weighted by molar-refractivity contribution is 7.91. The molecule has 0 aromatic heterocycles. The Balaban J connectivity index is -0.000000125. The molecular weight excluding hydrogens is 198 g/mol. The number of hydrogen-bond acceptors (Lipinski definition) is 4. The Morgan fingerprint density at radius 1 is 1.46 bits per heavy atom. The lowest BCUT2D eigenvalue weighted by Crippen LogP contribution is -1.83. The van der Waals surface area contributed by atoms with Gasteiger partial charge in [0.1, 0.15) is 0 Å². The van der Waals surface area contributed by atoms with E-state index in [1.807, 2.05) is 0 Å². The van der Waals surface area contributed by atoms with Gasteiger partial charge in [0.15, 0.2) is 0 Å². The lowest BCUT2D eigenvalue weighted by Gasteiger charge is -1.79. The van der Waals surface area contributed by atoms with Crippen molar-refractivity contribution in [1.29, 1.82) is 5.26 Å². The van der Waals surface area contributed by atoms with Crippen LogP contribution in [-0.2, 0) is 0 Å². The van der Waals surface area contributed by atoms with E-state index >= 15 is 0 Å². The first-order chi connectivity index (χ1) is 5.92. The minimum Gasteiger partial charge on any atom is -0.317 e. The summed E-state index contributed by atoms with van der Waals surface area (Å²) in [6, 6.07) is 1.32. The van der Waals surface area contributed by atoms with Crippen LogP contribution >= 0.6 is 12.2 Å². The summed E-state index contributed by atoms with van der Waals surface area (Å²) in [6.07, 6.45) is -3.12. The van der Waals surface area contributed by atoms with E-state index in [1.54, 1.807) is 0 Å². The Kier molecular flexibility index (Phi) is 25.0. The highest BCUT2D eigenvalue weighted by Crippen LogP contribution is 1.94. The highest BCUT2D eigenvalue weighted by atomic mass is 32.2. The fourth-order valence-corrected chi connectivity index (χ4v) is 0.0690. The van der Waals surface area contributed by atoms with Gasteiger partial charge in [0.25, 0.3) is 6.43 Å². The Morgan fingerprint density at radius 2 is 1.69 bits per heavy atom. The molecule has 0 rings (SSSR count). The van der Waals surface area contributed by atoms with Crippen LogP contribution < -0.4 is 5.14 Å². The minimum absolute atomic E-state index is 0.250. The van der Waals surface area contributed by atoms with Gasteiger partial charge in [-0.3, -0.25) is 5.14 Å². The molecule has 0 spiro atoms. The zero-order valence-electron chi connectivity index (χ0n) is 8.00. The molecule has 0 heterocycles. The maximum Gasteiger partial charge on any atom is 0.251 e. The van der Waals surface area contributed by atoms with Gasteiger partial charge in [-0.2, -0.15) is 5.26 Å². The summed E-state index contributed by atoms with van der Waals surface area (Å²) in [5.74, 6) is 0.833. The normalized spacial score (nSPS) is 8.00. The van der Waals surface area contributed by atoms with Gasteiger partial charge in [0.2, 0.25) is 0 Å². The van der Waals surface area contributed by atoms with Gasteiger partial charge in [-0.1, -0.05) is 20.8 Å². The maximum atomic E-state index is 10.8. The van der Waals surface area contributed by atoms with E-state index < -0.39 is 12.8 Å². The number of nitriles is 1. The molecule has 0 radical (unpaired) electrons. The summed E-state index contributed by atoms with van der Waals surface area (Å²) in [7, 11) is 0. The standard InChI is InChI=1S/C4H10.C3H3F2N.H3NOS/c1-4(2)3;4-3(5)1-2-6;1-3-2/h4H,1-3H3;3H,1H2;2H,1H2. The number of halogens is 2. The zero-order chi connectivity index (χ0) is 11.3. The van der Waals surface area contributed by atoms with Crippen LogP contribution in [0.2, 0.25) is 0 Å². The second-order valence-corrected chi connectivity index (χ2v) is 2.80. The maximum absolute atomic E-state index is 10.8. The van der Waals surface area contributed by atoms with Crippen LogP contribution in [0.4, 0.5) is 8.78 Å². The summed E-state index contributed by atoms with van der Waals surface area (Å²) < 4.78 is 28.9. The smallest absolute Gasteiger partial charge is 0.251 e. The van der Waals surface area contributed by atoms with E-state index in [9.17, 15) is 8.78 Å². The predicted octanol–water partition coefficient (Wildman–Crippen LogP) is 2.89. The molecule has 0 unspecified atom stereocenters. The summed E-state index contributed by atoms with van der Waals surface area (Å²) in [5.41, 5.74) is 0. The Labute approximate surface area is 82.3 Å². The van der Waals surface area contributed by atoms with Gasteiger partial charge in [0.05, 0.1) is 24.7 Å². The van der Waals surface area contributed by atoms with Crippen LogP contribution in [0.1, 0.15) is 27.2 Å². The van der Waals surface area contributed by atoms with E-state index in [0.29, 0.717) is 0 Å². The molecule has 0 saturated carbocycles. The third kappa shape index (κ3) is 157. The number of nitrogens with two attached hydrogens (primary N) is 1. The van der Waals surface area contributed by atoms with E-state index in [-0.39, 0.29) is 12.2 Å². The molecule has 0 aromatic rings. The fourth-order valence-electron chi connectivity index (χ4n) is 0.0690. The van der Waals surface area contributed by atoms with E-state index in [2.05, 4.69) is 25.9 Å². The van der Waals surface area contributed by atoms with Gasteiger partial charge in [-0.05, 0) is 5.92 Å². The molecule has 0 aliphatic rings. The second kappa shape index (κ2) is 17.6. The van der Waals surface area contributed by atoms with Gasteiger partial charge in [0, 0.05) is 0 Å². The first-order valence-corrected chi connectivity index (χ1v) is 4.41. The van der Waals surface area contributed by atoms with Crippen LogP contribution in [0.3, 0.4) is 0 Å². The highest BCUT2D eigenvalue weighted by Gasteiger charge is 1.96. The third-order valence-corrected chi connectivity index (χ3v) is 0.246. The quantitative estimate of drug-likeness (QED) is 0.520. The molecule has 3 N–H and O–H groups in total. The topological polar surface area (TPSA) is 70.0 Å². The Bertz CT molecular complexity index is 115. The van der Waals surface area contributed by atoms with Crippen molar-refractivity contribution in [2.75, 3.05) is 0 Å². The molecule has 0 amide bonds. The van der Waals surface area contributed by atoms with Crippen LogP contribution in [0.25, 0.3) is 0 Å². The lowest BCUT2D eigenvalue weighted by molar-refractivity contribution is 0.154. The molecule has 3 nitrogen and oxygen atoms in total. The van der Waals surface area contributed by atoms with Crippen molar-refractivity contribution in [3.63, 3.8) is 0 Å². The molecule has 0 bridgehead atoms. The first kappa shape index (κ1) is 18.4. The summed E-state index contributed by atoms with van der Waals surface area (Å²) in [5, 5.41) is 11.8. The van der Waals surface area contributed by atoms with Crippen molar-refractivity contribution in [3.05, 3.63) is 0 Å². The van der Waals surface area contributed by atoms with Crippen molar-refractivity contribution in [1.82, 2.24) is 0 Å². The van der Waals surface area contributed by atoms with Crippen LogP contribution in [0.15, 0.2) is 0 Å². The molecule has 0 aromatic carbocycles. The molecule has 0 aliphatic heterocycles. The first-order valence-electron chi connectivity index (χ1n) is 3.57. The number of rotatable bonds is 1. The molecule has 80 valence electrons. The average molecular weight is 214 g/mol. The van der Waals surface area contributed by atoms with Crippen molar-refractivity contribution in [2.45, 2.75) is 33.6 Å². The third-order valence-electron chi connectivity index (χ3n) is 0.246. The molecule has 0 saturated heterocycles. The predicted molar refractivity (Wildman–Crippen MR) is 51.2 cm³/mol. The fraction of sp³-hybridized carbons (Fsp3) is 0.857. The summed E-state index contributed by atoms with van der Waals surface area (Å²) in [4.78, 5) is 0.